The van der Waals surface area contributed by atoms with E-state index in [4.69, 9.17) is 4.42 Å². The lowest BCUT2D eigenvalue weighted by molar-refractivity contribution is 0.504. The summed E-state index contributed by atoms with van der Waals surface area (Å²) >= 11 is 0. The number of nitrogens with one attached hydrogen (secondary N) is 2. The van der Waals surface area contributed by atoms with Gasteiger partial charge in [-0.05, 0) is 31.9 Å². The SMILES string of the molecule is CC(CNC1CC1)S(=O)(=O)NCCc1ccco1. The van der Waals surface area contributed by atoms with E-state index in [1.165, 1.54) is 12.8 Å². The minimum atomic E-state index is -3.24. The van der Waals surface area contributed by atoms with Gasteiger partial charge in [0, 0.05) is 25.6 Å². The first-order valence-corrected chi connectivity index (χ1v) is 7.87. The molecule has 1 aliphatic rings. The number of sulfonamides is 1. The van der Waals surface area contributed by atoms with Crippen molar-refractivity contribution in [2.45, 2.75) is 37.5 Å². The highest BCUT2D eigenvalue weighted by Crippen LogP contribution is 2.18. The predicted octanol–water partition coefficient (Wildman–Crippen LogP) is 0.882. The van der Waals surface area contributed by atoms with E-state index in [-0.39, 0.29) is 0 Å². The third-order valence-corrected chi connectivity index (χ3v) is 4.89. The molecule has 2 N–H and O–H groups in total. The molecular formula is C12H20N2O3S. The summed E-state index contributed by atoms with van der Waals surface area (Å²) in [6, 6.07) is 4.17. The van der Waals surface area contributed by atoms with Crippen LogP contribution in [0.25, 0.3) is 0 Å². The van der Waals surface area contributed by atoms with Crippen LogP contribution in [0.2, 0.25) is 0 Å². The number of rotatable bonds is 8. The summed E-state index contributed by atoms with van der Waals surface area (Å²) in [5.41, 5.74) is 0. The van der Waals surface area contributed by atoms with Crippen LogP contribution >= 0.6 is 0 Å². The lowest BCUT2D eigenvalue weighted by Crippen LogP contribution is -2.40. The number of furan rings is 1. The maximum atomic E-state index is 11.9. The largest absolute Gasteiger partial charge is 0.469 e. The van der Waals surface area contributed by atoms with Gasteiger partial charge >= 0.3 is 0 Å². The normalized spacial score (nSPS) is 17.8. The van der Waals surface area contributed by atoms with E-state index >= 15 is 0 Å². The van der Waals surface area contributed by atoms with Gasteiger partial charge in [-0.15, -0.1) is 0 Å². The van der Waals surface area contributed by atoms with E-state index in [1.54, 1.807) is 19.3 Å². The first-order chi connectivity index (χ1) is 8.58. The van der Waals surface area contributed by atoms with Crippen LogP contribution in [0.5, 0.6) is 0 Å². The molecule has 0 saturated heterocycles. The summed E-state index contributed by atoms with van der Waals surface area (Å²) in [5, 5.41) is 2.82. The summed E-state index contributed by atoms with van der Waals surface area (Å²) in [6.07, 6.45) is 4.50. The van der Waals surface area contributed by atoms with Gasteiger partial charge in [-0.25, -0.2) is 13.1 Å². The molecule has 0 spiro atoms. The highest BCUT2D eigenvalue weighted by molar-refractivity contribution is 7.90. The summed E-state index contributed by atoms with van der Waals surface area (Å²) in [7, 11) is -3.24. The highest BCUT2D eigenvalue weighted by atomic mass is 32.2. The Bertz CT molecular complexity index is 452. The first-order valence-electron chi connectivity index (χ1n) is 6.32. The molecule has 5 nitrogen and oxygen atoms in total. The Labute approximate surface area is 108 Å². The second-order valence-electron chi connectivity index (χ2n) is 4.76. The zero-order chi connectivity index (χ0) is 13.0. The number of hydrogen-bond donors (Lipinski definition) is 2. The molecule has 1 atom stereocenters. The fourth-order valence-corrected chi connectivity index (χ4v) is 2.63. The van der Waals surface area contributed by atoms with Crippen molar-refractivity contribution in [1.82, 2.24) is 10.0 Å². The van der Waals surface area contributed by atoms with E-state index < -0.39 is 15.3 Å². The van der Waals surface area contributed by atoms with Crippen molar-refractivity contribution in [1.29, 1.82) is 0 Å². The topological polar surface area (TPSA) is 71.3 Å². The van der Waals surface area contributed by atoms with Gasteiger partial charge in [-0.2, -0.15) is 0 Å². The molecule has 1 aromatic heterocycles. The third-order valence-electron chi connectivity index (χ3n) is 3.06. The molecule has 102 valence electrons. The average molecular weight is 272 g/mol. The minimum Gasteiger partial charge on any atom is -0.469 e. The van der Waals surface area contributed by atoms with Crippen LogP contribution in [-0.4, -0.2) is 32.8 Å². The van der Waals surface area contributed by atoms with Gasteiger partial charge < -0.3 is 9.73 Å². The first kappa shape index (κ1) is 13.6. The lowest BCUT2D eigenvalue weighted by atomic mass is 10.3. The second-order valence-corrected chi connectivity index (χ2v) is 6.95. The van der Waals surface area contributed by atoms with Crippen molar-refractivity contribution in [3.05, 3.63) is 24.2 Å². The van der Waals surface area contributed by atoms with Crippen molar-refractivity contribution in [3.8, 4) is 0 Å². The van der Waals surface area contributed by atoms with Gasteiger partial charge in [0.25, 0.3) is 0 Å². The van der Waals surface area contributed by atoms with Gasteiger partial charge in [0.1, 0.15) is 5.76 Å². The van der Waals surface area contributed by atoms with Crippen molar-refractivity contribution in [2.24, 2.45) is 0 Å². The van der Waals surface area contributed by atoms with Crippen LogP contribution in [0.3, 0.4) is 0 Å². The Morgan fingerprint density at radius 3 is 2.89 bits per heavy atom. The van der Waals surface area contributed by atoms with E-state index in [0.29, 0.717) is 25.6 Å². The van der Waals surface area contributed by atoms with E-state index in [0.717, 1.165) is 5.76 Å². The third kappa shape index (κ3) is 4.12. The molecule has 1 aliphatic carbocycles. The van der Waals surface area contributed by atoms with Crippen molar-refractivity contribution < 1.29 is 12.8 Å². The Morgan fingerprint density at radius 2 is 2.28 bits per heavy atom. The fraction of sp³-hybridized carbons (Fsp3) is 0.667. The van der Waals surface area contributed by atoms with Crippen LogP contribution < -0.4 is 10.0 Å². The second kappa shape index (κ2) is 5.86. The van der Waals surface area contributed by atoms with Crippen LogP contribution in [0.15, 0.2) is 22.8 Å². The zero-order valence-corrected chi connectivity index (χ0v) is 11.4. The van der Waals surface area contributed by atoms with Crippen molar-refractivity contribution in [2.75, 3.05) is 13.1 Å². The van der Waals surface area contributed by atoms with Crippen molar-refractivity contribution in [3.63, 3.8) is 0 Å². The van der Waals surface area contributed by atoms with Crippen LogP contribution in [0.4, 0.5) is 0 Å². The van der Waals surface area contributed by atoms with Gasteiger partial charge in [-0.1, -0.05) is 0 Å². The Hall–Kier alpha value is -0.850. The summed E-state index contributed by atoms with van der Waals surface area (Å²) < 4.78 is 31.6. The molecule has 0 bridgehead atoms. The summed E-state index contributed by atoms with van der Waals surface area (Å²) in [4.78, 5) is 0. The van der Waals surface area contributed by atoms with Crippen LogP contribution in [-0.2, 0) is 16.4 Å². The molecule has 1 saturated carbocycles. The van der Waals surface area contributed by atoms with E-state index in [1.807, 2.05) is 6.07 Å². The molecule has 2 rings (SSSR count). The molecule has 6 heteroatoms. The molecule has 1 heterocycles. The van der Waals surface area contributed by atoms with Gasteiger partial charge in [0.15, 0.2) is 0 Å². The maximum absolute atomic E-state index is 11.9. The minimum absolute atomic E-state index is 0.379. The van der Waals surface area contributed by atoms with E-state index in [9.17, 15) is 8.42 Å². The number of hydrogen-bond acceptors (Lipinski definition) is 4. The van der Waals surface area contributed by atoms with Crippen LogP contribution in [0.1, 0.15) is 25.5 Å². The quantitative estimate of drug-likeness (QED) is 0.737. The standard InChI is InChI=1S/C12H20N2O3S/c1-10(9-13-11-4-5-11)18(15,16)14-7-6-12-3-2-8-17-12/h2-3,8,10-11,13-14H,4-7,9H2,1H3. The maximum Gasteiger partial charge on any atom is 0.215 e. The highest BCUT2D eigenvalue weighted by Gasteiger charge is 2.25. The summed E-state index contributed by atoms with van der Waals surface area (Å²) in [5.74, 6) is 0.793. The predicted molar refractivity (Wildman–Crippen MR) is 69.8 cm³/mol. The molecule has 0 radical (unpaired) electrons. The monoisotopic (exact) mass is 272 g/mol. The molecule has 0 amide bonds. The Balaban J connectivity index is 1.71. The molecule has 1 fully saturated rings. The average Bonchev–Trinajstić information content (AvgIpc) is 3.02. The lowest BCUT2D eigenvalue weighted by Gasteiger charge is -2.14. The van der Waals surface area contributed by atoms with Gasteiger partial charge in [-0.3, -0.25) is 0 Å². The smallest absolute Gasteiger partial charge is 0.215 e. The molecule has 0 aromatic carbocycles. The van der Waals surface area contributed by atoms with E-state index in [2.05, 4.69) is 10.0 Å². The molecule has 0 aliphatic heterocycles. The molecule has 1 unspecified atom stereocenters. The van der Waals surface area contributed by atoms with Gasteiger partial charge in [0.2, 0.25) is 10.0 Å². The van der Waals surface area contributed by atoms with Crippen molar-refractivity contribution >= 4 is 10.0 Å². The Kier molecular flexibility index (Phi) is 4.42. The van der Waals surface area contributed by atoms with Gasteiger partial charge in [0.05, 0.1) is 11.5 Å². The molecule has 18 heavy (non-hydrogen) atoms. The molecule has 1 aromatic rings. The Morgan fingerprint density at radius 1 is 1.50 bits per heavy atom. The fourth-order valence-electron chi connectivity index (χ4n) is 1.64. The molecular weight excluding hydrogens is 252 g/mol. The van der Waals surface area contributed by atoms with Crippen LogP contribution in [0, 0.1) is 0 Å². The summed E-state index contributed by atoms with van der Waals surface area (Å²) in [6.45, 7) is 2.62. The zero-order valence-electron chi connectivity index (χ0n) is 10.6.